The SMILES string of the molecule is CC(C)c1ccc2c(c1)c1c3c4cc(C(C)C)ccc4n(-c4nc(-c5ccc6sc7ccccc7c6c5)nc(-c5ccc6sc7ccccc7c6c5)n4)c3ccc1n2-c1cc(-c2cccc(-c3ccccc3)n2)cc(-c2cccc(-c3ccccc3)n2)c1. The number of hydrogen-bond donors (Lipinski definition) is 0. The summed E-state index contributed by atoms with van der Waals surface area (Å²) in [6, 6.07) is 89.7. The van der Waals surface area contributed by atoms with Crippen LogP contribution in [0.3, 0.4) is 0 Å². The first kappa shape index (κ1) is 51.9. The highest BCUT2D eigenvalue weighted by Gasteiger charge is 2.26. The Labute approximate surface area is 516 Å². The lowest BCUT2D eigenvalue weighted by Gasteiger charge is -2.15. The molecule has 7 aromatic heterocycles. The van der Waals surface area contributed by atoms with Gasteiger partial charge in [0, 0.05) is 101 Å². The summed E-state index contributed by atoms with van der Waals surface area (Å²) in [5, 5.41) is 9.46. The number of hydrogen-bond acceptors (Lipinski definition) is 7. The predicted octanol–water partition coefficient (Wildman–Crippen LogP) is 21.8. The van der Waals surface area contributed by atoms with Gasteiger partial charge in [-0.1, -0.05) is 149 Å². The standard InChI is InChI=1S/C79H55N7S2/c1-46(2)50-29-33-67-61(42-50)75-69(85(67)56-40-54(65-25-15-23-63(80-65)48-17-7-5-8-18-48)39-55(41-56)66-26-16-24-64(81-66)49-19-9-6-10-20-49)35-36-70-76(75)62-43-51(47(3)4)30-34-68(62)86(70)79-83-77(52-31-37-73-59(44-52)57-21-11-13-27-71(57)87-73)82-78(84-79)53-32-38-74-60(45-53)58-22-12-14-28-72(58)88-74/h5-47H,1-4H3. The van der Waals surface area contributed by atoms with Gasteiger partial charge >= 0.3 is 0 Å². The van der Waals surface area contributed by atoms with Crippen LogP contribution in [-0.2, 0) is 0 Å². The highest BCUT2D eigenvalue weighted by atomic mass is 32.1. The van der Waals surface area contributed by atoms with Crippen LogP contribution in [0.2, 0.25) is 0 Å². The summed E-state index contributed by atoms with van der Waals surface area (Å²) in [7, 11) is 0. The molecule has 17 rings (SSSR count). The molecule has 88 heavy (non-hydrogen) atoms. The summed E-state index contributed by atoms with van der Waals surface area (Å²) in [6.45, 7) is 9.13. The molecule has 0 unspecified atom stereocenters. The molecule has 10 aromatic carbocycles. The molecule has 0 bridgehead atoms. The topological polar surface area (TPSA) is 74.3 Å². The molecule has 0 spiro atoms. The third-order valence-corrected chi connectivity index (χ3v) is 19.8. The maximum absolute atomic E-state index is 5.59. The average molecular weight is 1170 g/mol. The molecule has 7 nitrogen and oxygen atoms in total. The van der Waals surface area contributed by atoms with Crippen molar-refractivity contribution in [3.63, 3.8) is 0 Å². The molecule has 0 N–H and O–H groups in total. The van der Waals surface area contributed by atoms with E-state index >= 15 is 0 Å². The summed E-state index contributed by atoms with van der Waals surface area (Å²) in [5.74, 6) is 2.35. The van der Waals surface area contributed by atoms with Crippen molar-refractivity contribution in [2.24, 2.45) is 0 Å². The Morgan fingerprint density at radius 3 is 1.19 bits per heavy atom. The van der Waals surface area contributed by atoms with E-state index in [-0.39, 0.29) is 11.8 Å². The molecule has 7 heterocycles. The Balaban J connectivity index is 0.940. The zero-order valence-electron chi connectivity index (χ0n) is 48.8. The number of aromatic nitrogens is 7. The van der Waals surface area contributed by atoms with Crippen LogP contribution in [0.5, 0.6) is 0 Å². The van der Waals surface area contributed by atoms with Gasteiger partial charge in [-0.3, -0.25) is 4.57 Å². The lowest BCUT2D eigenvalue weighted by molar-refractivity contribution is 0.868. The van der Waals surface area contributed by atoms with E-state index in [0.717, 1.165) is 94.7 Å². The Bertz CT molecular complexity index is 5420. The molecule has 0 amide bonds. The van der Waals surface area contributed by atoms with Gasteiger partial charge in [0.1, 0.15) is 0 Å². The molecule has 9 heteroatoms. The van der Waals surface area contributed by atoms with Crippen molar-refractivity contribution < 1.29 is 0 Å². The molecular weight excluding hydrogens is 1110 g/mol. The van der Waals surface area contributed by atoms with Crippen molar-refractivity contribution in [1.29, 1.82) is 0 Å². The first-order chi connectivity index (χ1) is 43.2. The molecule has 0 atom stereocenters. The second kappa shape index (κ2) is 20.6. The zero-order chi connectivity index (χ0) is 58.7. The number of rotatable bonds is 10. The molecule has 0 saturated heterocycles. The van der Waals surface area contributed by atoms with Gasteiger partial charge in [0.05, 0.1) is 44.8 Å². The second-order valence-electron chi connectivity index (χ2n) is 23.6. The van der Waals surface area contributed by atoms with Crippen molar-refractivity contribution in [2.45, 2.75) is 39.5 Å². The average Bonchev–Trinajstić information content (AvgIpc) is 1.57. The molecule has 0 saturated carbocycles. The van der Waals surface area contributed by atoms with E-state index in [1.807, 2.05) is 34.8 Å². The lowest BCUT2D eigenvalue weighted by Crippen LogP contribution is -2.06. The summed E-state index contributed by atoms with van der Waals surface area (Å²) < 4.78 is 9.73. The van der Waals surface area contributed by atoms with Crippen LogP contribution in [0.15, 0.2) is 249 Å². The van der Waals surface area contributed by atoms with Crippen LogP contribution in [0.1, 0.15) is 50.7 Å². The first-order valence-corrected chi connectivity index (χ1v) is 31.7. The Kier molecular flexibility index (Phi) is 12.2. The maximum Gasteiger partial charge on any atom is 0.238 e. The molecule has 17 aromatic rings. The van der Waals surface area contributed by atoms with Gasteiger partial charge in [-0.25, -0.2) is 15.0 Å². The fraction of sp³-hybridized carbons (Fsp3) is 0.0759. The molecule has 0 radical (unpaired) electrons. The van der Waals surface area contributed by atoms with Gasteiger partial charge in [0.25, 0.3) is 0 Å². The van der Waals surface area contributed by atoms with Gasteiger partial charge in [0.15, 0.2) is 11.6 Å². The van der Waals surface area contributed by atoms with Gasteiger partial charge < -0.3 is 4.57 Å². The number of nitrogens with zero attached hydrogens (tertiary/aromatic N) is 7. The van der Waals surface area contributed by atoms with E-state index in [0.29, 0.717) is 17.6 Å². The molecule has 0 aliphatic rings. The minimum Gasteiger partial charge on any atom is -0.309 e. The summed E-state index contributed by atoms with van der Waals surface area (Å²) in [4.78, 5) is 27.4. The molecule has 0 aliphatic carbocycles. The number of pyridine rings is 2. The summed E-state index contributed by atoms with van der Waals surface area (Å²) in [5.41, 5.74) is 17.3. The van der Waals surface area contributed by atoms with Crippen LogP contribution in [-0.4, -0.2) is 34.1 Å². The van der Waals surface area contributed by atoms with Gasteiger partial charge in [-0.15, -0.1) is 22.7 Å². The lowest BCUT2D eigenvalue weighted by atomic mass is 9.97. The number of fused-ring (bicyclic) bond motifs is 13. The smallest absolute Gasteiger partial charge is 0.238 e. The van der Waals surface area contributed by atoms with E-state index in [2.05, 4.69) is 273 Å². The van der Waals surface area contributed by atoms with E-state index in [1.165, 1.54) is 62.2 Å². The van der Waals surface area contributed by atoms with Crippen molar-refractivity contribution in [3.8, 4) is 79.4 Å². The minimum atomic E-state index is 0.279. The quantitative estimate of drug-likeness (QED) is 0.136. The Hall–Kier alpha value is -10.5. The van der Waals surface area contributed by atoms with Gasteiger partial charge in [-0.2, -0.15) is 9.97 Å². The molecule has 418 valence electrons. The Morgan fingerprint density at radius 1 is 0.284 bits per heavy atom. The van der Waals surface area contributed by atoms with Gasteiger partial charge in [-0.05, 0) is 150 Å². The summed E-state index contributed by atoms with van der Waals surface area (Å²) >= 11 is 3.63. The summed E-state index contributed by atoms with van der Waals surface area (Å²) in [6.07, 6.45) is 0. The fourth-order valence-corrected chi connectivity index (χ4v) is 15.3. The highest BCUT2D eigenvalue weighted by molar-refractivity contribution is 7.26. The van der Waals surface area contributed by atoms with Crippen LogP contribution in [0.4, 0.5) is 0 Å². The minimum absolute atomic E-state index is 0.279. The number of benzene rings is 10. The van der Waals surface area contributed by atoms with E-state index in [1.54, 1.807) is 0 Å². The van der Waals surface area contributed by atoms with Crippen molar-refractivity contribution in [2.75, 3.05) is 0 Å². The van der Waals surface area contributed by atoms with Crippen molar-refractivity contribution in [1.82, 2.24) is 34.1 Å². The molecule has 0 aliphatic heterocycles. The highest BCUT2D eigenvalue weighted by Crippen LogP contribution is 2.46. The third kappa shape index (κ3) is 8.63. The normalized spacial score (nSPS) is 12.1. The third-order valence-electron chi connectivity index (χ3n) is 17.5. The number of thiophene rings is 2. The fourth-order valence-electron chi connectivity index (χ4n) is 13.1. The largest absolute Gasteiger partial charge is 0.309 e. The molecule has 0 fully saturated rings. The van der Waals surface area contributed by atoms with Crippen LogP contribution >= 0.6 is 22.7 Å². The Morgan fingerprint density at radius 2 is 0.705 bits per heavy atom. The maximum atomic E-state index is 5.59. The zero-order valence-corrected chi connectivity index (χ0v) is 50.4. The van der Waals surface area contributed by atoms with Crippen LogP contribution < -0.4 is 0 Å². The molecular formula is C79H55N7S2. The van der Waals surface area contributed by atoms with Gasteiger partial charge in [0.2, 0.25) is 5.95 Å². The second-order valence-corrected chi connectivity index (χ2v) is 25.8. The monoisotopic (exact) mass is 1170 g/mol. The van der Waals surface area contributed by atoms with Crippen molar-refractivity contribution in [3.05, 3.63) is 260 Å². The van der Waals surface area contributed by atoms with Crippen molar-refractivity contribution >= 4 is 107 Å². The van der Waals surface area contributed by atoms with Crippen LogP contribution in [0.25, 0.3) is 163 Å². The van der Waals surface area contributed by atoms with Crippen LogP contribution in [0, 0.1) is 0 Å². The predicted molar refractivity (Wildman–Crippen MR) is 371 cm³/mol. The van der Waals surface area contributed by atoms with E-state index in [4.69, 9.17) is 24.9 Å². The van der Waals surface area contributed by atoms with E-state index in [9.17, 15) is 0 Å². The van der Waals surface area contributed by atoms with E-state index < -0.39 is 0 Å². The first-order valence-electron chi connectivity index (χ1n) is 30.1.